The molecule has 1 saturated heterocycles. The molecule has 2 heterocycles. The normalized spacial score (nSPS) is 23.9. The van der Waals surface area contributed by atoms with Crippen LogP contribution in [-0.2, 0) is 11.3 Å². The zero-order chi connectivity index (χ0) is 21.1. The summed E-state index contributed by atoms with van der Waals surface area (Å²) in [7, 11) is 0. The molecule has 2 fully saturated rings. The van der Waals surface area contributed by atoms with E-state index in [2.05, 4.69) is 20.9 Å². The molecule has 8 nitrogen and oxygen atoms in total. The van der Waals surface area contributed by atoms with Crippen LogP contribution in [0.2, 0.25) is 10.0 Å². The number of hydrogen-bond acceptors (Lipinski definition) is 5. The van der Waals surface area contributed by atoms with Gasteiger partial charge in [-0.05, 0) is 50.3 Å². The maximum atomic E-state index is 12.3. The van der Waals surface area contributed by atoms with Crippen molar-refractivity contribution in [3.8, 4) is 0 Å². The predicted octanol–water partition coefficient (Wildman–Crippen LogP) is 3.58. The van der Waals surface area contributed by atoms with Crippen molar-refractivity contribution in [2.75, 3.05) is 11.9 Å². The minimum absolute atomic E-state index is 0.00640. The van der Waals surface area contributed by atoms with E-state index in [0.717, 1.165) is 31.5 Å². The topological polar surface area (TPSA) is 101 Å². The minimum Gasteiger partial charge on any atom is -0.394 e. The van der Waals surface area contributed by atoms with E-state index in [-0.39, 0.29) is 24.8 Å². The lowest BCUT2D eigenvalue weighted by atomic mass is 9.97. The first-order valence-corrected chi connectivity index (χ1v) is 11.0. The Kier molecular flexibility index (Phi) is 6.77. The maximum absolute atomic E-state index is 12.3. The summed E-state index contributed by atoms with van der Waals surface area (Å²) in [6, 6.07) is 4.21. The SMILES string of the molecule is O=C(Nc1ccc(Cl)c(Cl)c1)N[C@H]1CC[C@H](CCn2cc(C3CC3)nn2)O[C@H]1CO. The fourth-order valence-corrected chi connectivity index (χ4v) is 3.98. The standard InChI is InChI=1S/C20H25Cl2N5O3/c21-15-5-3-13(9-16(15)22)23-20(29)24-17-6-4-14(30-19(17)11-28)7-8-27-10-18(25-26-27)12-1-2-12/h3,5,9-10,12,14,17,19,28H,1-2,4,6-8,11H2,(H2,23,24,29)/t14-,17+,19+/m1/s1. The molecule has 1 aromatic carbocycles. The highest BCUT2D eigenvalue weighted by molar-refractivity contribution is 6.42. The van der Waals surface area contributed by atoms with Crippen LogP contribution < -0.4 is 10.6 Å². The van der Waals surface area contributed by atoms with E-state index in [0.29, 0.717) is 21.7 Å². The molecular weight excluding hydrogens is 429 g/mol. The maximum Gasteiger partial charge on any atom is 0.319 e. The minimum atomic E-state index is -0.457. The molecule has 1 aromatic heterocycles. The van der Waals surface area contributed by atoms with Crippen molar-refractivity contribution >= 4 is 34.9 Å². The highest BCUT2D eigenvalue weighted by Gasteiger charge is 2.32. The number of benzene rings is 1. The van der Waals surface area contributed by atoms with Gasteiger partial charge in [-0.25, -0.2) is 4.79 Å². The number of aromatic nitrogens is 3. The Balaban J connectivity index is 1.25. The average molecular weight is 454 g/mol. The van der Waals surface area contributed by atoms with Gasteiger partial charge in [0.15, 0.2) is 0 Å². The highest BCUT2D eigenvalue weighted by Crippen LogP contribution is 2.38. The van der Waals surface area contributed by atoms with Crippen LogP contribution in [0.4, 0.5) is 10.5 Å². The van der Waals surface area contributed by atoms with Gasteiger partial charge in [-0.3, -0.25) is 4.68 Å². The van der Waals surface area contributed by atoms with Crippen LogP contribution in [0.5, 0.6) is 0 Å². The highest BCUT2D eigenvalue weighted by atomic mass is 35.5. The van der Waals surface area contributed by atoms with Crippen LogP contribution in [0.3, 0.4) is 0 Å². The number of hydrogen-bond donors (Lipinski definition) is 3. The number of nitrogens with one attached hydrogen (secondary N) is 2. The molecule has 3 N–H and O–H groups in total. The number of rotatable bonds is 7. The molecule has 162 valence electrons. The van der Waals surface area contributed by atoms with E-state index in [4.69, 9.17) is 27.9 Å². The van der Waals surface area contributed by atoms with Gasteiger partial charge in [-0.1, -0.05) is 28.4 Å². The van der Waals surface area contributed by atoms with Gasteiger partial charge in [0.05, 0.1) is 34.5 Å². The number of urea groups is 1. The van der Waals surface area contributed by atoms with Crippen LogP contribution in [0.1, 0.15) is 43.7 Å². The third kappa shape index (κ3) is 5.43. The first-order valence-electron chi connectivity index (χ1n) is 10.2. The number of halogens is 2. The van der Waals surface area contributed by atoms with Crippen LogP contribution in [-0.4, -0.2) is 51.0 Å². The summed E-state index contributed by atoms with van der Waals surface area (Å²) < 4.78 is 7.89. The summed E-state index contributed by atoms with van der Waals surface area (Å²) in [5.74, 6) is 0.588. The van der Waals surface area contributed by atoms with Crippen LogP contribution >= 0.6 is 23.2 Å². The van der Waals surface area contributed by atoms with E-state index >= 15 is 0 Å². The number of aliphatic hydroxyl groups is 1. The first-order chi connectivity index (χ1) is 14.5. The third-order valence-corrected chi connectivity index (χ3v) is 6.26. The Morgan fingerprint density at radius 3 is 2.80 bits per heavy atom. The van der Waals surface area contributed by atoms with Gasteiger partial charge in [0.1, 0.15) is 6.10 Å². The van der Waals surface area contributed by atoms with Crippen molar-refractivity contribution in [3.05, 3.63) is 40.1 Å². The quantitative estimate of drug-likeness (QED) is 0.594. The van der Waals surface area contributed by atoms with Crippen molar-refractivity contribution in [1.82, 2.24) is 20.3 Å². The van der Waals surface area contributed by atoms with E-state index in [9.17, 15) is 9.90 Å². The Hall–Kier alpha value is -1.87. The number of carbonyl (C=O) groups excluding carboxylic acids is 1. The molecule has 0 bridgehead atoms. The Morgan fingerprint density at radius 2 is 2.07 bits per heavy atom. The lowest BCUT2D eigenvalue weighted by Gasteiger charge is -2.36. The molecule has 30 heavy (non-hydrogen) atoms. The molecule has 10 heteroatoms. The average Bonchev–Trinajstić information content (AvgIpc) is 3.48. The molecule has 2 aliphatic rings. The molecule has 4 rings (SSSR count). The number of ether oxygens (including phenoxy) is 1. The molecule has 1 aliphatic heterocycles. The Labute approximate surface area is 184 Å². The van der Waals surface area contributed by atoms with Crippen LogP contribution in [0, 0.1) is 0 Å². The van der Waals surface area contributed by atoms with Crippen molar-refractivity contribution in [2.24, 2.45) is 0 Å². The van der Waals surface area contributed by atoms with Crippen LogP contribution in [0.25, 0.3) is 0 Å². The van der Waals surface area contributed by atoms with Crippen molar-refractivity contribution in [1.29, 1.82) is 0 Å². The summed E-state index contributed by atoms with van der Waals surface area (Å²) in [5.41, 5.74) is 1.61. The number of carbonyl (C=O) groups is 1. The van der Waals surface area contributed by atoms with E-state index in [1.165, 1.54) is 12.8 Å². The predicted molar refractivity (Wildman–Crippen MR) is 114 cm³/mol. The summed E-state index contributed by atoms with van der Waals surface area (Å²) in [5, 5.41) is 24.6. The van der Waals surface area contributed by atoms with E-state index in [1.54, 1.807) is 18.2 Å². The molecule has 1 saturated carbocycles. The van der Waals surface area contributed by atoms with Crippen molar-refractivity contribution in [3.63, 3.8) is 0 Å². The second-order valence-electron chi connectivity index (χ2n) is 7.86. The summed E-state index contributed by atoms with van der Waals surface area (Å²) in [6.45, 7) is 0.557. The summed E-state index contributed by atoms with van der Waals surface area (Å²) >= 11 is 11.9. The van der Waals surface area contributed by atoms with Crippen molar-refractivity contribution in [2.45, 2.75) is 62.8 Å². The Morgan fingerprint density at radius 1 is 1.23 bits per heavy atom. The van der Waals surface area contributed by atoms with Gasteiger partial charge in [0, 0.05) is 24.3 Å². The second-order valence-corrected chi connectivity index (χ2v) is 8.67. The molecule has 2 aromatic rings. The molecule has 3 atom stereocenters. The number of amides is 2. The molecular formula is C20H25Cl2N5O3. The fourth-order valence-electron chi connectivity index (χ4n) is 3.68. The molecule has 0 unspecified atom stereocenters. The Bertz CT molecular complexity index is 889. The fraction of sp³-hybridized carbons (Fsp3) is 0.550. The van der Waals surface area contributed by atoms with Gasteiger partial charge in [0.25, 0.3) is 0 Å². The van der Waals surface area contributed by atoms with Gasteiger partial charge in [-0.2, -0.15) is 0 Å². The van der Waals surface area contributed by atoms with Crippen LogP contribution in [0.15, 0.2) is 24.4 Å². The molecule has 0 spiro atoms. The lowest BCUT2D eigenvalue weighted by Crippen LogP contribution is -2.52. The molecule has 0 radical (unpaired) electrons. The zero-order valence-corrected chi connectivity index (χ0v) is 17.9. The van der Waals surface area contributed by atoms with Gasteiger partial charge < -0.3 is 20.5 Å². The summed E-state index contributed by atoms with van der Waals surface area (Å²) in [6.07, 6.45) is 6.26. The number of aryl methyl sites for hydroxylation is 1. The van der Waals surface area contributed by atoms with Crippen molar-refractivity contribution < 1.29 is 14.6 Å². The number of anilines is 1. The lowest BCUT2D eigenvalue weighted by molar-refractivity contribution is -0.0905. The second kappa shape index (κ2) is 9.51. The van der Waals surface area contributed by atoms with E-state index in [1.807, 2.05) is 10.9 Å². The summed E-state index contributed by atoms with van der Waals surface area (Å²) in [4.78, 5) is 12.3. The van der Waals surface area contributed by atoms with E-state index < -0.39 is 6.10 Å². The van der Waals surface area contributed by atoms with Gasteiger partial charge in [-0.15, -0.1) is 5.10 Å². The first kappa shape index (κ1) is 21.4. The third-order valence-electron chi connectivity index (χ3n) is 5.52. The zero-order valence-electron chi connectivity index (χ0n) is 16.4. The smallest absolute Gasteiger partial charge is 0.319 e. The largest absolute Gasteiger partial charge is 0.394 e. The number of nitrogens with zero attached hydrogens (tertiary/aromatic N) is 3. The molecule has 2 amide bonds. The molecule has 1 aliphatic carbocycles. The van der Waals surface area contributed by atoms with Gasteiger partial charge >= 0.3 is 6.03 Å². The van der Waals surface area contributed by atoms with Gasteiger partial charge in [0.2, 0.25) is 0 Å². The number of aliphatic hydroxyl groups excluding tert-OH is 1. The monoisotopic (exact) mass is 453 g/mol.